The highest BCUT2D eigenvalue weighted by Gasteiger charge is 2.21. The molecule has 3 nitrogen and oxygen atoms in total. The second-order valence-corrected chi connectivity index (χ2v) is 7.03. The Bertz CT molecular complexity index is 445. The Morgan fingerprint density at radius 1 is 1.00 bits per heavy atom. The third-order valence-electron chi connectivity index (χ3n) is 5.30. The van der Waals surface area contributed by atoms with Gasteiger partial charge in [0.25, 0.3) is 0 Å². The van der Waals surface area contributed by atoms with Gasteiger partial charge in [-0.2, -0.15) is 0 Å². The van der Waals surface area contributed by atoms with E-state index in [0.29, 0.717) is 12.1 Å². The van der Waals surface area contributed by atoms with Crippen LogP contribution in [0.2, 0.25) is 0 Å². The molecule has 0 bridgehead atoms. The first kappa shape index (κ1) is 15.8. The molecular formula is C19H30N2O. The van der Waals surface area contributed by atoms with Crippen molar-refractivity contribution in [1.29, 1.82) is 0 Å². The first-order chi connectivity index (χ1) is 10.7. The van der Waals surface area contributed by atoms with Crippen LogP contribution in [0.3, 0.4) is 0 Å². The number of aliphatic hydroxyl groups excluding tert-OH is 1. The van der Waals surface area contributed by atoms with Gasteiger partial charge in [-0.05, 0) is 69.6 Å². The van der Waals surface area contributed by atoms with E-state index in [1.807, 2.05) is 0 Å². The molecule has 1 aromatic carbocycles. The van der Waals surface area contributed by atoms with E-state index in [-0.39, 0.29) is 6.10 Å². The minimum Gasteiger partial charge on any atom is -0.393 e. The summed E-state index contributed by atoms with van der Waals surface area (Å²) in [6.07, 6.45) is 8.04. The van der Waals surface area contributed by atoms with Gasteiger partial charge in [-0.15, -0.1) is 0 Å². The second-order valence-electron chi connectivity index (χ2n) is 7.03. The van der Waals surface area contributed by atoms with Crippen molar-refractivity contribution in [3.05, 3.63) is 29.8 Å². The number of hydrogen-bond donors (Lipinski definition) is 2. The van der Waals surface area contributed by atoms with Gasteiger partial charge in [-0.25, -0.2) is 0 Å². The fourth-order valence-corrected chi connectivity index (χ4v) is 3.82. The molecule has 0 aromatic heterocycles. The van der Waals surface area contributed by atoms with Crippen molar-refractivity contribution in [3.63, 3.8) is 0 Å². The van der Waals surface area contributed by atoms with Crippen LogP contribution in [0.1, 0.15) is 63.5 Å². The van der Waals surface area contributed by atoms with Crippen LogP contribution >= 0.6 is 0 Å². The van der Waals surface area contributed by atoms with E-state index in [1.54, 1.807) is 0 Å². The molecule has 1 saturated carbocycles. The van der Waals surface area contributed by atoms with Gasteiger partial charge in [-0.3, -0.25) is 0 Å². The number of rotatable bonds is 4. The van der Waals surface area contributed by atoms with Crippen molar-refractivity contribution >= 4 is 5.69 Å². The molecule has 1 unspecified atom stereocenters. The average molecular weight is 302 g/mol. The van der Waals surface area contributed by atoms with E-state index in [4.69, 9.17) is 0 Å². The molecule has 1 aliphatic heterocycles. The molecule has 1 saturated heterocycles. The van der Waals surface area contributed by atoms with E-state index >= 15 is 0 Å². The zero-order chi connectivity index (χ0) is 15.4. The van der Waals surface area contributed by atoms with Crippen LogP contribution < -0.4 is 10.2 Å². The summed E-state index contributed by atoms with van der Waals surface area (Å²) in [5.74, 6) is 0. The standard InChI is InChI=1S/C19H30N2O/c1-15(20-17-7-11-19(22)12-8-17)16-5-9-18(10-6-16)21-13-3-2-4-14-21/h5-6,9-10,15,17,19-20,22H,2-4,7-8,11-14H2,1H3. The Morgan fingerprint density at radius 3 is 2.27 bits per heavy atom. The molecule has 3 rings (SSSR count). The van der Waals surface area contributed by atoms with Crippen molar-refractivity contribution < 1.29 is 5.11 Å². The predicted octanol–water partition coefficient (Wildman–Crippen LogP) is 3.63. The lowest BCUT2D eigenvalue weighted by atomic mass is 9.92. The highest BCUT2D eigenvalue weighted by Crippen LogP contribution is 2.25. The normalized spacial score (nSPS) is 27.6. The van der Waals surface area contributed by atoms with Crippen LogP contribution in [0.15, 0.2) is 24.3 Å². The Kier molecular flexibility index (Phi) is 5.37. The SMILES string of the molecule is CC(NC1CCC(O)CC1)c1ccc(N2CCCCC2)cc1. The minimum atomic E-state index is -0.0721. The molecule has 3 heteroatoms. The lowest BCUT2D eigenvalue weighted by molar-refractivity contribution is 0.114. The summed E-state index contributed by atoms with van der Waals surface area (Å²) in [6, 6.07) is 10.1. The highest BCUT2D eigenvalue weighted by atomic mass is 16.3. The Labute approximate surface area is 134 Å². The molecule has 122 valence electrons. The molecule has 0 spiro atoms. The van der Waals surface area contributed by atoms with Crippen LogP contribution in [-0.2, 0) is 0 Å². The smallest absolute Gasteiger partial charge is 0.0541 e. The summed E-state index contributed by atoms with van der Waals surface area (Å²) in [4.78, 5) is 2.51. The van der Waals surface area contributed by atoms with Gasteiger partial charge in [0, 0.05) is 30.9 Å². The monoisotopic (exact) mass is 302 g/mol. The molecule has 1 aliphatic carbocycles. The van der Waals surface area contributed by atoms with Crippen LogP contribution in [0, 0.1) is 0 Å². The van der Waals surface area contributed by atoms with Gasteiger partial charge < -0.3 is 15.3 Å². The van der Waals surface area contributed by atoms with E-state index in [9.17, 15) is 5.11 Å². The molecule has 0 radical (unpaired) electrons. The molecule has 2 N–H and O–H groups in total. The van der Waals surface area contributed by atoms with E-state index < -0.39 is 0 Å². The number of hydrogen-bond acceptors (Lipinski definition) is 3. The van der Waals surface area contributed by atoms with E-state index in [0.717, 1.165) is 25.7 Å². The van der Waals surface area contributed by atoms with Crippen molar-refractivity contribution in [2.24, 2.45) is 0 Å². The van der Waals surface area contributed by atoms with Crippen LogP contribution in [0.25, 0.3) is 0 Å². The molecule has 22 heavy (non-hydrogen) atoms. The van der Waals surface area contributed by atoms with Gasteiger partial charge in [0.2, 0.25) is 0 Å². The summed E-state index contributed by atoms with van der Waals surface area (Å²) in [5, 5.41) is 13.3. The fraction of sp³-hybridized carbons (Fsp3) is 0.684. The zero-order valence-corrected chi connectivity index (χ0v) is 13.8. The molecule has 1 atom stereocenters. The number of nitrogens with zero attached hydrogens (tertiary/aromatic N) is 1. The largest absolute Gasteiger partial charge is 0.393 e. The maximum absolute atomic E-state index is 9.60. The summed E-state index contributed by atoms with van der Waals surface area (Å²) >= 11 is 0. The van der Waals surface area contributed by atoms with Crippen molar-refractivity contribution in [2.45, 2.75) is 70.1 Å². The Morgan fingerprint density at radius 2 is 1.64 bits per heavy atom. The van der Waals surface area contributed by atoms with Gasteiger partial charge >= 0.3 is 0 Å². The van der Waals surface area contributed by atoms with Crippen molar-refractivity contribution in [2.75, 3.05) is 18.0 Å². The highest BCUT2D eigenvalue weighted by molar-refractivity contribution is 5.48. The first-order valence-corrected chi connectivity index (χ1v) is 9.01. The van der Waals surface area contributed by atoms with Gasteiger partial charge in [0.15, 0.2) is 0 Å². The maximum atomic E-state index is 9.60. The van der Waals surface area contributed by atoms with Gasteiger partial charge in [0.05, 0.1) is 6.10 Å². The number of piperidine rings is 1. The van der Waals surface area contributed by atoms with E-state index in [2.05, 4.69) is 41.4 Å². The third-order valence-corrected chi connectivity index (χ3v) is 5.30. The third kappa shape index (κ3) is 4.02. The summed E-state index contributed by atoms with van der Waals surface area (Å²) in [5.41, 5.74) is 2.74. The number of nitrogens with one attached hydrogen (secondary N) is 1. The van der Waals surface area contributed by atoms with Crippen molar-refractivity contribution in [3.8, 4) is 0 Å². The average Bonchev–Trinajstić information content (AvgIpc) is 2.58. The summed E-state index contributed by atoms with van der Waals surface area (Å²) in [7, 11) is 0. The number of aliphatic hydroxyl groups is 1. The van der Waals surface area contributed by atoms with Gasteiger partial charge in [0.1, 0.15) is 0 Å². The number of anilines is 1. The second kappa shape index (κ2) is 7.47. The van der Waals surface area contributed by atoms with Crippen LogP contribution in [0.4, 0.5) is 5.69 Å². The van der Waals surface area contributed by atoms with Crippen molar-refractivity contribution in [1.82, 2.24) is 5.32 Å². The Hall–Kier alpha value is -1.06. The van der Waals surface area contributed by atoms with E-state index in [1.165, 1.54) is 43.6 Å². The number of benzene rings is 1. The molecule has 2 aliphatic rings. The fourth-order valence-electron chi connectivity index (χ4n) is 3.82. The maximum Gasteiger partial charge on any atom is 0.0541 e. The van der Waals surface area contributed by atoms with Gasteiger partial charge in [-0.1, -0.05) is 12.1 Å². The minimum absolute atomic E-state index is 0.0721. The predicted molar refractivity (Wildman–Crippen MR) is 92.3 cm³/mol. The summed E-state index contributed by atoms with van der Waals surface area (Å²) < 4.78 is 0. The molecule has 1 heterocycles. The topological polar surface area (TPSA) is 35.5 Å². The molecule has 0 amide bonds. The summed E-state index contributed by atoms with van der Waals surface area (Å²) in [6.45, 7) is 4.66. The molecular weight excluding hydrogens is 272 g/mol. The lowest BCUT2D eigenvalue weighted by Crippen LogP contribution is -2.36. The van der Waals surface area contributed by atoms with Crippen LogP contribution in [-0.4, -0.2) is 30.3 Å². The molecule has 1 aromatic rings. The lowest BCUT2D eigenvalue weighted by Gasteiger charge is -2.30. The first-order valence-electron chi connectivity index (χ1n) is 9.01. The van der Waals surface area contributed by atoms with Crippen LogP contribution in [0.5, 0.6) is 0 Å². The zero-order valence-electron chi connectivity index (χ0n) is 13.8. The molecule has 2 fully saturated rings. The Balaban J connectivity index is 1.55. The quantitative estimate of drug-likeness (QED) is 0.891.